The molecule has 4 nitrogen and oxygen atoms in total. The lowest BCUT2D eigenvalue weighted by Gasteiger charge is -2.11. The first-order chi connectivity index (χ1) is 10.3. The molecule has 21 heavy (non-hydrogen) atoms. The summed E-state index contributed by atoms with van der Waals surface area (Å²) in [4.78, 5) is 4.57. The van der Waals surface area contributed by atoms with Crippen molar-refractivity contribution in [3.05, 3.63) is 29.3 Å². The molecule has 0 saturated heterocycles. The molecule has 0 spiro atoms. The molecular formula is C17H27N3O. The second-order valence-electron chi connectivity index (χ2n) is 5.33. The summed E-state index contributed by atoms with van der Waals surface area (Å²) >= 11 is 0. The molecule has 0 atom stereocenters. The predicted octanol–water partition coefficient (Wildman–Crippen LogP) is 2.52. The number of hydrogen-bond acceptors (Lipinski definition) is 2. The van der Waals surface area contributed by atoms with E-state index in [9.17, 15) is 0 Å². The summed E-state index contributed by atoms with van der Waals surface area (Å²) in [5, 5.41) is 6.69. The van der Waals surface area contributed by atoms with E-state index in [-0.39, 0.29) is 0 Å². The van der Waals surface area contributed by atoms with Gasteiger partial charge in [0.25, 0.3) is 0 Å². The normalized spacial score (nSPS) is 13.7. The Kier molecular flexibility index (Phi) is 6.38. The second-order valence-corrected chi connectivity index (χ2v) is 5.33. The number of benzene rings is 1. The van der Waals surface area contributed by atoms with Gasteiger partial charge in [0.15, 0.2) is 5.96 Å². The summed E-state index contributed by atoms with van der Waals surface area (Å²) in [7, 11) is 0. The summed E-state index contributed by atoms with van der Waals surface area (Å²) < 4.78 is 5.54. The van der Waals surface area contributed by atoms with Gasteiger partial charge in [-0.2, -0.15) is 0 Å². The molecule has 1 aromatic rings. The van der Waals surface area contributed by atoms with Gasteiger partial charge in [-0.25, -0.2) is 0 Å². The standard InChI is InChI=1S/C17H27N3O/c1-3-5-10-19-17(18-4-2)20-11-8-14-6-7-16-15(13-14)9-12-21-16/h6-7,13H,3-5,8-12H2,1-2H3,(H2,18,19,20). The van der Waals surface area contributed by atoms with Crippen molar-refractivity contribution >= 4 is 5.96 Å². The van der Waals surface area contributed by atoms with Gasteiger partial charge in [-0.05, 0) is 37.0 Å². The summed E-state index contributed by atoms with van der Waals surface area (Å²) in [6.45, 7) is 7.80. The minimum atomic E-state index is 0.825. The smallest absolute Gasteiger partial charge is 0.191 e. The third-order valence-corrected chi connectivity index (χ3v) is 3.59. The zero-order valence-corrected chi connectivity index (χ0v) is 13.2. The lowest BCUT2D eigenvalue weighted by atomic mass is 10.1. The van der Waals surface area contributed by atoms with Crippen molar-refractivity contribution in [2.75, 3.05) is 26.2 Å². The molecule has 0 saturated carbocycles. The molecule has 1 aliphatic rings. The quantitative estimate of drug-likeness (QED) is 0.460. The molecule has 116 valence electrons. The number of ether oxygens (including phenoxy) is 1. The lowest BCUT2D eigenvalue weighted by molar-refractivity contribution is 0.357. The van der Waals surface area contributed by atoms with E-state index < -0.39 is 0 Å². The summed E-state index contributed by atoms with van der Waals surface area (Å²) in [6, 6.07) is 6.52. The monoisotopic (exact) mass is 289 g/mol. The van der Waals surface area contributed by atoms with Gasteiger partial charge in [0.1, 0.15) is 5.75 Å². The number of nitrogens with one attached hydrogen (secondary N) is 2. The summed E-state index contributed by atoms with van der Waals surface area (Å²) in [6.07, 6.45) is 4.37. The summed E-state index contributed by atoms with van der Waals surface area (Å²) in [5.74, 6) is 1.98. The molecule has 1 aliphatic heterocycles. The molecule has 0 aromatic heterocycles. The Balaban J connectivity index is 1.80. The zero-order chi connectivity index (χ0) is 14.9. The zero-order valence-electron chi connectivity index (χ0n) is 13.2. The average molecular weight is 289 g/mol. The van der Waals surface area contributed by atoms with Crippen molar-refractivity contribution in [1.29, 1.82) is 0 Å². The lowest BCUT2D eigenvalue weighted by Crippen LogP contribution is -2.38. The van der Waals surface area contributed by atoms with Crippen LogP contribution in [0.1, 0.15) is 37.8 Å². The third-order valence-electron chi connectivity index (χ3n) is 3.59. The van der Waals surface area contributed by atoms with Gasteiger partial charge in [-0.3, -0.25) is 4.99 Å². The van der Waals surface area contributed by atoms with Crippen molar-refractivity contribution in [2.24, 2.45) is 4.99 Å². The van der Waals surface area contributed by atoms with E-state index in [0.29, 0.717) is 0 Å². The largest absolute Gasteiger partial charge is 0.493 e. The Morgan fingerprint density at radius 1 is 1.29 bits per heavy atom. The fourth-order valence-corrected chi connectivity index (χ4v) is 2.41. The Morgan fingerprint density at radius 3 is 3.00 bits per heavy atom. The maximum Gasteiger partial charge on any atom is 0.191 e. The minimum absolute atomic E-state index is 0.825. The molecule has 1 aromatic carbocycles. The van der Waals surface area contributed by atoms with Gasteiger partial charge in [0.05, 0.1) is 6.61 Å². The van der Waals surface area contributed by atoms with E-state index in [1.54, 1.807) is 0 Å². The highest BCUT2D eigenvalue weighted by Crippen LogP contribution is 2.25. The van der Waals surface area contributed by atoms with Crippen LogP contribution in [0.25, 0.3) is 0 Å². The van der Waals surface area contributed by atoms with Gasteiger partial charge >= 0.3 is 0 Å². The van der Waals surface area contributed by atoms with Crippen LogP contribution in [-0.2, 0) is 12.8 Å². The van der Waals surface area contributed by atoms with E-state index in [0.717, 1.165) is 57.2 Å². The van der Waals surface area contributed by atoms with Gasteiger partial charge in [-0.15, -0.1) is 0 Å². The predicted molar refractivity (Wildman–Crippen MR) is 88.2 cm³/mol. The van der Waals surface area contributed by atoms with E-state index in [1.807, 2.05) is 0 Å². The van der Waals surface area contributed by atoms with Crippen LogP contribution in [0.2, 0.25) is 0 Å². The van der Waals surface area contributed by atoms with Crippen molar-refractivity contribution in [3.8, 4) is 5.75 Å². The number of guanidine groups is 1. The first-order valence-electron chi connectivity index (χ1n) is 8.10. The van der Waals surface area contributed by atoms with Crippen LogP contribution < -0.4 is 15.4 Å². The van der Waals surface area contributed by atoms with Gasteiger partial charge in [0, 0.05) is 26.1 Å². The highest BCUT2D eigenvalue weighted by atomic mass is 16.5. The van der Waals surface area contributed by atoms with E-state index in [1.165, 1.54) is 17.5 Å². The SMILES string of the molecule is CCCCN=C(NCC)NCCc1ccc2c(c1)CCO2. The fraction of sp³-hybridized carbons (Fsp3) is 0.588. The number of hydrogen-bond donors (Lipinski definition) is 2. The number of unbranched alkanes of at least 4 members (excludes halogenated alkanes) is 1. The van der Waals surface area contributed by atoms with Crippen molar-refractivity contribution in [2.45, 2.75) is 39.5 Å². The molecule has 0 unspecified atom stereocenters. The molecule has 0 radical (unpaired) electrons. The molecular weight excluding hydrogens is 262 g/mol. The van der Waals surface area contributed by atoms with Gasteiger partial charge in [0.2, 0.25) is 0 Å². The van der Waals surface area contributed by atoms with Crippen molar-refractivity contribution in [3.63, 3.8) is 0 Å². The fourth-order valence-electron chi connectivity index (χ4n) is 2.41. The highest BCUT2D eigenvalue weighted by Gasteiger charge is 2.11. The minimum Gasteiger partial charge on any atom is -0.493 e. The molecule has 0 bridgehead atoms. The van der Waals surface area contributed by atoms with Crippen LogP contribution in [0.3, 0.4) is 0 Å². The Labute approximate surface area is 128 Å². The molecule has 0 amide bonds. The molecule has 1 heterocycles. The van der Waals surface area contributed by atoms with Crippen molar-refractivity contribution in [1.82, 2.24) is 10.6 Å². The molecule has 2 N–H and O–H groups in total. The number of nitrogens with zero attached hydrogens (tertiary/aromatic N) is 1. The van der Waals surface area contributed by atoms with Crippen molar-refractivity contribution < 1.29 is 4.74 Å². The number of aliphatic imine (C=N–C) groups is 1. The van der Waals surface area contributed by atoms with Crippen LogP contribution in [0.4, 0.5) is 0 Å². The Morgan fingerprint density at radius 2 is 2.19 bits per heavy atom. The molecule has 2 rings (SSSR count). The molecule has 0 fully saturated rings. The maximum atomic E-state index is 5.54. The topological polar surface area (TPSA) is 45.7 Å². The second kappa shape index (κ2) is 8.55. The molecule has 0 aliphatic carbocycles. The Bertz CT molecular complexity index is 471. The van der Waals surface area contributed by atoms with Crippen LogP contribution >= 0.6 is 0 Å². The van der Waals surface area contributed by atoms with E-state index >= 15 is 0 Å². The first-order valence-corrected chi connectivity index (χ1v) is 8.10. The van der Waals surface area contributed by atoms with Gasteiger partial charge in [-0.1, -0.05) is 25.5 Å². The average Bonchev–Trinajstić information content (AvgIpc) is 2.95. The third kappa shape index (κ3) is 4.96. The highest BCUT2D eigenvalue weighted by molar-refractivity contribution is 5.79. The van der Waals surface area contributed by atoms with E-state index in [2.05, 4.69) is 47.7 Å². The van der Waals surface area contributed by atoms with Crippen LogP contribution in [0.5, 0.6) is 5.75 Å². The Hall–Kier alpha value is -1.71. The number of rotatable bonds is 7. The van der Waals surface area contributed by atoms with Crippen LogP contribution in [0, 0.1) is 0 Å². The van der Waals surface area contributed by atoms with Crippen LogP contribution in [0.15, 0.2) is 23.2 Å². The van der Waals surface area contributed by atoms with Crippen LogP contribution in [-0.4, -0.2) is 32.2 Å². The maximum absolute atomic E-state index is 5.54. The summed E-state index contributed by atoms with van der Waals surface area (Å²) in [5.41, 5.74) is 2.70. The number of fused-ring (bicyclic) bond motifs is 1. The molecule has 4 heteroatoms. The first kappa shape index (κ1) is 15.7. The van der Waals surface area contributed by atoms with E-state index in [4.69, 9.17) is 4.74 Å². The van der Waals surface area contributed by atoms with Gasteiger partial charge < -0.3 is 15.4 Å².